The summed E-state index contributed by atoms with van der Waals surface area (Å²) in [5.41, 5.74) is 0.0491. The molecule has 3 aliphatic rings. The van der Waals surface area contributed by atoms with Crippen LogP contribution in [0, 0.1) is 29.1 Å². The van der Waals surface area contributed by atoms with Gasteiger partial charge >= 0.3 is 0 Å². The number of carbonyl (C=O) groups excluding carboxylic acids is 2. The third kappa shape index (κ3) is 5.06. The molecule has 0 bridgehead atoms. The van der Waals surface area contributed by atoms with Gasteiger partial charge in [-0.15, -0.1) is 0 Å². The lowest BCUT2D eigenvalue weighted by atomic mass is 9.51. The first-order valence-electron chi connectivity index (χ1n) is 12.7. The van der Waals surface area contributed by atoms with Crippen LogP contribution in [-0.2, 0) is 9.59 Å². The minimum absolute atomic E-state index is 0.00735. The van der Waals surface area contributed by atoms with Crippen molar-refractivity contribution in [2.45, 2.75) is 71.4 Å². The average molecular weight is 457 g/mol. The summed E-state index contributed by atoms with van der Waals surface area (Å²) in [5, 5.41) is 14.7. The zero-order valence-electron chi connectivity index (χ0n) is 20.3. The van der Waals surface area contributed by atoms with Crippen LogP contribution in [0.5, 0.6) is 5.75 Å². The smallest absolute Gasteiger partial charge is 0.258 e. The lowest BCUT2D eigenvalue weighted by molar-refractivity contribution is -0.150. The number of para-hydroxylation sites is 1. The molecule has 33 heavy (non-hydrogen) atoms. The standard InChI is InChI=1S/C27H40N2O4/c1-18(26(32)29-15-7-8-16-29)21-11-13-27(3)14-12-22(19(2)24(27)25(21)31)28-23(30)17-33-20-9-5-4-6-10-20/h4-6,9-10,18-19,21-22,24-25,31H,7-8,11-17H2,1-3H3,(H,28,30)/t18-,19+,21?,22-,24+,25-,27-/m0/s1. The molecule has 1 heterocycles. The van der Waals surface area contributed by atoms with Crippen molar-refractivity contribution in [3.63, 3.8) is 0 Å². The Balaban J connectivity index is 1.39. The first-order valence-corrected chi connectivity index (χ1v) is 12.7. The molecule has 182 valence electrons. The number of hydrogen-bond acceptors (Lipinski definition) is 4. The van der Waals surface area contributed by atoms with E-state index in [1.807, 2.05) is 42.2 Å². The van der Waals surface area contributed by atoms with Gasteiger partial charge in [0.1, 0.15) is 5.75 Å². The second-order valence-corrected chi connectivity index (χ2v) is 10.9. The zero-order valence-corrected chi connectivity index (χ0v) is 20.3. The van der Waals surface area contributed by atoms with Crippen molar-refractivity contribution in [2.24, 2.45) is 29.1 Å². The SMILES string of the molecule is C[C@H]1[C@@H]2[C@@H](O)C([C@H](C)C(=O)N3CCCC3)CC[C@@]2(C)CC[C@@H]1NC(=O)COc1ccccc1. The molecule has 2 saturated carbocycles. The fourth-order valence-corrected chi connectivity index (χ4v) is 6.82. The molecular formula is C27H40N2O4. The number of aliphatic hydroxyl groups excluding tert-OH is 1. The van der Waals surface area contributed by atoms with E-state index in [0.29, 0.717) is 5.75 Å². The third-order valence-electron chi connectivity index (χ3n) is 8.80. The van der Waals surface area contributed by atoms with Crippen LogP contribution in [0.2, 0.25) is 0 Å². The van der Waals surface area contributed by atoms with Crippen molar-refractivity contribution in [2.75, 3.05) is 19.7 Å². The third-order valence-corrected chi connectivity index (χ3v) is 8.80. The predicted molar refractivity (Wildman–Crippen MR) is 128 cm³/mol. The van der Waals surface area contributed by atoms with Crippen molar-refractivity contribution in [3.8, 4) is 5.75 Å². The van der Waals surface area contributed by atoms with Crippen LogP contribution in [0.3, 0.4) is 0 Å². The summed E-state index contributed by atoms with van der Waals surface area (Å²) in [4.78, 5) is 27.6. The maximum atomic E-state index is 13.1. The molecule has 1 aliphatic heterocycles. The summed E-state index contributed by atoms with van der Waals surface area (Å²) in [6.07, 6.45) is 5.44. The molecule has 6 nitrogen and oxygen atoms in total. The molecule has 1 unspecified atom stereocenters. The monoisotopic (exact) mass is 456 g/mol. The highest BCUT2D eigenvalue weighted by Gasteiger charge is 2.54. The van der Waals surface area contributed by atoms with Gasteiger partial charge in [-0.05, 0) is 73.8 Å². The number of benzene rings is 1. The van der Waals surface area contributed by atoms with E-state index >= 15 is 0 Å². The first kappa shape index (κ1) is 24.1. The average Bonchev–Trinajstić information content (AvgIpc) is 3.35. The number of hydrogen-bond donors (Lipinski definition) is 2. The first-order chi connectivity index (χ1) is 15.8. The summed E-state index contributed by atoms with van der Waals surface area (Å²) >= 11 is 0. The number of nitrogens with one attached hydrogen (secondary N) is 1. The summed E-state index contributed by atoms with van der Waals surface area (Å²) in [5.74, 6) is 0.776. The fraction of sp³-hybridized carbons (Fsp3) is 0.704. The molecular weight excluding hydrogens is 416 g/mol. The number of fused-ring (bicyclic) bond motifs is 1. The molecule has 1 saturated heterocycles. The van der Waals surface area contributed by atoms with Crippen LogP contribution in [0.25, 0.3) is 0 Å². The molecule has 7 atom stereocenters. The van der Waals surface area contributed by atoms with Crippen molar-refractivity contribution in [1.29, 1.82) is 0 Å². The number of carbonyl (C=O) groups is 2. The van der Waals surface area contributed by atoms with Crippen LogP contribution < -0.4 is 10.1 Å². The highest BCUT2D eigenvalue weighted by atomic mass is 16.5. The predicted octanol–water partition coefficient (Wildman–Crippen LogP) is 3.63. The maximum absolute atomic E-state index is 13.1. The molecule has 0 aromatic heterocycles. The van der Waals surface area contributed by atoms with Gasteiger partial charge in [-0.25, -0.2) is 0 Å². The Morgan fingerprint density at radius 3 is 2.55 bits per heavy atom. The van der Waals surface area contributed by atoms with E-state index in [1.165, 1.54) is 0 Å². The lowest BCUT2D eigenvalue weighted by Crippen LogP contribution is -2.59. The Kier molecular flexibility index (Phi) is 7.32. The molecule has 3 fully saturated rings. The lowest BCUT2D eigenvalue weighted by Gasteiger charge is -2.56. The van der Waals surface area contributed by atoms with E-state index in [9.17, 15) is 14.7 Å². The van der Waals surface area contributed by atoms with Gasteiger partial charge in [-0.3, -0.25) is 9.59 Å². The number of amides is 2. The molecule has 0 radical (unpaired) electrons. The van der Waals surface area contributed by atoms with Crippen molar-refractivity contribution < 1.29 is 19.4 Å². The summed E-state index contributed by atoms with van der Waals surface area (Å²) in [6, 6.07) is 9.36. The van der Waals surface area contributed by atoms with Crippen LogP contribution >= 0.6 is 0 Å². The van der Waals surface area contributed by atoms with Crippen molar-refractivity contribution in [3.05, 3.63) is 30.3 Å². The Bertz CT molecular complexity index is 825. The zero-order chi connectivity index (χ0) is 23.6. The van der Waals surface area contributed by atoms with Crippen LogP contribution in [0.15, 0.2) is 30.3 Å². The van der Waals surface area contributed by atoms with Gasteiger partial charge < -0.3 is 20.1 Å². The van der Waals surface area contributed by atoms with E-state index in [2.05, 4.69) is 19.2 Å². The van der Waals surface area contributed by atoms with Gasteiger partial charge in [0.2, 0.25) is 5.91 Å². The molecule has 2 aliphatic carbocycles. The van der Waals surface area contributed by atoms with E-state index < -0.39 is 6.10 Å². The summed E-state index contributed by atoms with van der Waals surface area (Å²) in [6.45, 7) is 8.14. The number of ether oxygens (including phenoxy) is 1. The Labute approximate surface area is 198 Å². The normalized spacial score (nSPS) is 34.9. The highest BCUT2D eigenvalue weighted by Crippen LogP contribution is 2.55. The van der Waals surface area contributed by atoms with Crippen molar-refractivity contribution in [1.82, 2.24) is 10.2 Å². The number of likely N-dealkylation sites (tertiary alicyclic amines) is 1. The van der Waals surface area contributed by atoms with Gasteiger partial charge in [0.05, 0.1) is 6.10 Å². The molecule has 2 amide bonds. The fourth-order valence-electron chi connectivity index (χ4n) is 6.82. The number of rotatable bonds is 6. The van der Waals surface area contributed by atoms with Crippen LogP contribution in [0.4, 0.5) is 0 Å². The Hall–Kier alpha value is -2.08. The second kappa shape index (κ2) is 10.0. The minimum Gasteiger partial charge on any atom is -0.484 e. The van der Waals surface area contributed by atoms with Gasteiger partial charge in [0.15, 0.2) is 6.61 Å². The molecule has 1 aromatic rings. The number of nitrogens with zero attached hydrogens (tertiary/aromatic N) is 1. The second-order valence-electron chi connectivity index (χ2n) is 10.9. The highest BCUT2D eigenvalue weighted by molar-refractivity contribution is 5.79. The molecule has 4 rings (SSSR count). The van der Waals surface area contributed by atoms with E-state index in [-0.39, 0.29) is 53.5 Å². The Morgan fingerprint density at radius 1 is 1.18 bits per heavy atom. The van der Waals surface area contributed by atoms with Crippen LogP contribution in [-0.4, -0.2) is 53.7 Å². The van der Waals surface area contributed by atoms with E-state index in [0.717, 1.165) is 51.6 Å². The minimum atomic E-state index is -0.527. The van der Waals surface area contributed by atoms with Gasteiger partial charge in [-0.2, -0.15) is 0 Å². The molecule has 0 spiro atoms. The van der Waals surface area contributed by atoms with Crippen LogP contribution in [0.1, 0.15) is 59.3 Å². The largest absolute Gasteiger partial charge is 0.484 e. The Morgan fingerprint density at radius 2 is 1.85 bits per heavy atom. The van der Waals surface area contributed by atoms with Gasteiger partial charge in [-0.1, -0.05) is 39.0 Å². The number of aliphatic hydroxyl groups is 1. The van der Waals surface area contributed by atoms with E-state index in [1.54, 1.807) is 0 Å². The van der Waals surface area contributed by atoms with Crippen molar-refractivity contribution >= 4 is 11.8 Å². The van der Waals surface area contributed by atoms with E-state index in [4.69, 9.17) is 4.74 Å². The molecule has 1 aromatic carbocycles. The van der Waals surface area contributed by atoms with Gasteiger partial charge in [0.25, 0.3) is 5.91 Å². The topological polar surface area (TPSA) is 78.9 Å². The van der Waals surface area contributed by atoms with Gasteiger partial charge in [0, 0.05) is 25.0 Å². The summed E-state index contributed by atoms with van der Waals surface area (Å²) in [7, 11) is 0. The maximum Gasteiger partial charge on any atom is 0.258 e. The molecule has 6 heteroatoms. The quantitative estimate of drug-likeness (QED) is 0.685. The summed E-state index contributed by atoms with van der Waals surface area (Å²) < 4.78 is 5.61. The molecule has 2 N–H and O–H groups in total.